The van der Waals surface area contributed by atoms with E-state index >= 15 is 0 Å². The molecule has 0 saturated heterocycles. The molecule has 0 atom stereocenters. The van der Waals surface area contributed by atoms with E-state index in [0.29, 0.717) is 40.5 Å². The van der Waals surface area contributed by atoms with Crippen molar-refractivity contribution in [3.63, 3.8) is 0 Å². The van der Waals surface area contributed by atoms with Crippen LogP contribution in [-0.4, -0.2) is 31.5 Å². The Morgan fingerprint density at radius 1 is 0.686 bits per heavy atom. The zero-order chi connectivity index (χ0) is 24.9. The number of phenols is 2. The molecule has 0 aliphatic carbocycles. The monoisotopic (exact) mass is 472 g/mol. The van der Waals surface area contributed by atoms with Crippen LogP contribution in [0.3, 0.4) is 0 Å². The standard InChI is InChI=1S/C29H28O6/c1-18-9-11-19(12-10-18)17-35-25-14-13-20(15-23(25)30)27-26(33-3)16-22(29(34-4)28(27)31)21-7-5-6-8-24(21)32-2/h5-16,30-31H,17H2,1-4H3. The van der Waals surface area contributed by atoms with Gasteiger partial charge in [-0.1, -0.05) is 54.1 Å². The summed E-state index contributed by atoms with van der Waals surface area (Å²) in [6.45, 7) is 2.35. The Balaban J connectivity index is 1.72. The fourth-order valence-corrected chi connectivity index (χ4v) is 3.98. The number of methoxy groups -OCH3 is 3. The van der Waals surface area contributed by atoms with Crippen LogP contribution in [0.5, 0.6) is 34.5 Å². The summed E-state index contributed by atoms with van der Waals surface area (Å²) in [4.78, 5) is 0. The normalized spacial score (nSPS) is 10.6. The molecule has 180 valence electrons. The summed E-state index contributed by atoms with van der Waals surface area (Å²) in [5.74, 6) is 1.49. The highest BCUT2D eigenvalue weighted by Crippen LogP contribution is 2.51. The van der Waals surface area contributed by atoms with Gasteiger partial charge in [0.2, 0.25) is 0 Å². The number of phenolic OH excluding ortho intramolecular Hbond substituents is 2. The van der Waals surface area contributed by atoms with Gasteiger partial charge in [-0.15, -0.1) is 0 Å². The van der Waals surface area contributed by atoms with Gasteiger partial charge in [0.05, 0.1) is 26.9 Å². The topological polar surface area (TPSA) is 77.4 Å². The van der Waals surface area contributed by atoms with Crippen LogP contribution in [-0.2, 0) is 6.61 Å². The predicted octanol–water partition coefficient (Wildman–Crippen LogP) is 6.35. The number of aromatic hydroxyl groups is 2. The molecule has 0 aromatic heterocycles. The number of benzene rings is 4. The summed E-state index contributed by atoms with van der Waals surface area (Å²) in [5.41, 5.74) is 4.46. The van der Waals surface area contributed by atoms with Gasteiger partial charge in [0.1, 0.15) is 18.1 Å². The number of ether oxygens (including phenoxy) is 4. The van der Waals surface area contributed by atoms with Crippen molar-refractivity contribution in [2.24, 2.45) is 0 Å². The van der Waals surface area contributed by atoms with Gasteiger partial charge in [-0.2, -0.15) is 0 Å². The van der Waals surface area contributed by atoms with Crippen LogP contribution in [0.1, 0.15) is 11.1 Å². The molecule has 0 fully saturated rings. The van der Waals surface area contributed by atoms with Gasteiger partial charge in [0.15, 0.2) is 23.0 Å². The van der Waals surface area contributed by atoms with Gasteiger partial charge < -0.3 is 29.2 Å². The molecule has 4 rings (SSSR count). The zero-order valence-corrected chi connectivity index (χ0v) is 20.2. The molecule has 0 radical (unpaired) electrons. The van der Waals surface area contributed by atoms with E-state index in [1.807, 2.05) is 55.5 Å². The van der Waals surface area contributed by atoms with Crippen molar-refractivity contribution in [1.29, 1.82) is 0 Å². The molecule has 35 heavy (non-hydrogen) atoms. The minimum absolute atomic E-state index is 0.0520. The van der Waals surface area contributed by atoms with Crippen LogP contribution in [0.2, 0.25) is 0 Å². The van der Waals surface area contributed by atoms with Gasteiger partial charge in [-0.25, -0.2) is 0 Å². The Hall–Kier alpha value is -4.32. The maximum absolute atomic E-state index is 11.2. The van der Waals surface area contributed by atoms with E-state index in [4.69, 9.17) is 18.9 Å². The molecule has 6 nitrogen and oxygen atoms in total. The maximum Gasteiger partial charge on any atom is 0.170 e. The quantitative estimate of drug-likeness (QED) is 0.311. The highest BCUT2D eigenvalue weighted by Gasteiger charge is 2.23. The summed E-state index contributed by atoms with van der Waals surface area (Å²) < 4.78 is 22.5. The Morgan fingerprint density at radius 3 is 2.06 bits per heavy atom. The lowest BCUT2D eigenvalue weighted by Crippen LogP contribution is -1.98. The fraction of sp³-hybridized carbons (Fsp3) is 0.172. The van der Waals surface area contributed by atoms with Crippen molar-refractivity contribution >= 4 is 0 Å². The van der Waals surface area contributed by atoms with E-state index < -0.39 is 0 Å². The summed E-state index contributed by atoms with van der Waals surface area (Å²) in [7, 11) is 4.60. The summed E-state index contributed by atoms with van der Waals surface area (Å²) in [5, 5.41) is 21.9. The number of hydrogen-bond donors (Lipinski definition) is 2. The SMILES string of the molecule is COc1ccccc1-c1cc(OC)c(-c2ccc(OCc3ccc(C)cc3)c(O)c2)c(O)c1OC. The highest BCUT2D eigenvalue weighted by molar-refractivity contribution is 5.89. The molecular weight excluding hydrogens is 444 g/mol. The zero-order valence-electron chi connectivity index (χ0n) is 20.2. The average molecular weight is 473 g/mol. The average Bonchev–Trinajstić information content (AvgIpc) is 2.88. The minimum atomic E-state index is -0.111. The summed E-state index contributed by atoms with van der Waals surface area (Å²) >= 11 is 0. The molecule has 4 aromatic carbocycles. The second kappa shape index (κ2) is 10.3. The highest BCUT2D eigenvalue weighted by atomic mass is 16.5. The Labute approximate surface area is 204 Å². The number of aryl methyl sites for hydroxylation is 1. The lowest BCUT2D eigenvalue weighted by Gasteiger charge is -2.19. The molecule has 6 heteroatoms. The van der Waals surface area contributed by atoms with E-state index in [0.717, 1.165) is 11.1 Å². The molecule has 2 N–H and O–H groups in total. The number of hydrogen-bond acceptors (Lipinski definition) is 6. The van der Waals surface area contributed by atoms with Crippen LogP contribution in [0.4, 0.5) is 0 Å². The van der Waals surface area contributed by atoms with Crippen LogP contribution in [0.25, 0.3) is 22.3 Å². The molecule has 0 bridgehead atoms. The van der Waals surface area contributed by atoms with Gasteiger partial charge in [-0.3, -0.25) is 0 Å². The van der Waals surface area contributed by atoms with Crippen molar-refractivity contribution in [1.82, 2.24) is 0 Å². The largest absolute Gasteiger partial charge is 0.504 e. The van der Waals surface area contributed by atoms with Crippen LogP contribution >= 0.6 is 0 Å². The summed E-state index contributed by atoms with van der Waals surface area (Å²) in [6.07, 6.45) is 0. The first-order chi connectivity index (χ1) is 17.0. The van der Waals surface area contributed by atoms with E-state index in [2.05, 4.69) is 0 Å². The van der Waals surface area contributed by atoms with Crippen LogP contribution in [0.15, 0.2) is 72.8 Å². The molecule has 0 aliphatic heterocycles. The van der Waals surface area contributed by atoms with Gasteiger partial charge in [-0.05, 0) is 42.3 Å². The molecule has 0 spiro atoms. The minimum Gasteiger partial charge on any atom is -0.504 e. The first kappa shape index (κ1) is 23.8. The maximum atomic E-state index is 11.2. The Bertz CT molecular complexity index is 1330. The van der Waals surface area contributed by atoms with E-state index in [-0.39, 0.29) is 17.2 Å². The smallest absolute Gasteiger partial charge is 0.170 e. The third-order valence-corrected chi connectivity index (χ3v) is 5.80. The lowest BCUT2D eigenvalue weighted by molar-refractivity contribution is 0.289. The predicted molar refractivity (Wildman–Crippen MR) is 136 cm³/mol. The fourth-order valence-electron chi connectivity index (χ4n) is 3.98. The molecule has 4 aromatic rings. The van der Waals surface area contributed by atoms with Crippen molar-refractivity contribution in [3.05, 3.63) is 83.9 Å². The second-order valence-electron chi connectivity index (χ2n) is 8.04. The van der Waals surface area contributed by atoms with E-state index in [1.54, 1.807) is 25.3 Å². The van der Waals surface area contributed by atoms with Crippen molar-refractivity contribution in [2.45, 2.75) is 13.5 Å². The number of para-hydroxylation sites is 1. The van der Waals surface area contributed by atoms with Crippen molar-refractivity contribution < 1.29 is 29.2 Å². The summed E-state index contributed by atoms with van der Waals surface area (Å²) in [6, 6.07) is 22.2. The first-order valence-corrected chi connectivity index (χ1v) is 11.1. The molecule has 0 saturated carbocycles. The molecule has 0 unspecified atom stereocenters. The van der Waals surface area contributed by atoms with E-state index in [1.165, 1.54) is 25.8 Å². The Morgan fingerprint density at radius 2 is 1.40 bits per heavy atom. The second-order valence-corrected chi connectivity index (χ2v) is 8.04. The third kappa shape index (κ3) is 4.82. The lowest BCUT2D eigenvalue weighted by atomic mass is 9.96. The van der Waals surface area contributed by atoms with Crippen LogP contribution in [0, 0.1) is 6.92 Å². The van der Waals surface area contributed by atoms with Gasteiger partial charge in [0.25, 0.3) is 0 Å². The van der Waals surface area contributed by atoms with Crippen LogP contribution < -0.4 is 18.9 Å². The third-order valence-electron chi connectivity index (χ3n) is 5.80. The van der Waals surface area contributed by atoms with Crippen molar-refractivity contribution in [3.8, 4) is 56.8 Å². The Kier molecular flexibility index (Phi) is 7.01. The molecule has 0 amide bonds. The van der Waals surface area contributed by atoms with Gasteiger partial charge >= 0.3 is 0 Å². The van der Waals surface area contributed by atoms with Crippen molar-refractivity contribution in [2.75, 3.05) is 21.3 Å². The molecular formula is C29H28O6. The van der Waals surface area contributed by atoms with Gasteiger partial charge in [0, 0.05) is 11.1 Å². The molecule has 0 aliphatic rings. The number of rotatable bonds is 8. The van der Waals surface area contributed by atoms with E-state index in [9.17, 15) is 10.2 Å². The first-order valence-electron chi connectivity index (χ1n) is 11.1. The molecule has 0 heterocycles.